The summed E-state index contributed by atoms with van der Waals surface area (Å²) in [6.45, 7) is 4.36. The van der Waals surface area contributed by atoms with E-state index in [1.165, 1.54) is 5.56 Å². The van der Waals surface area contributed by atoms with Crippen molar-refractivity contribution in [3.8, 4) is 0 Å². The van der Waals surface area contributed by atoms with Gasteiger partial charge in [0.05, 0.1) is 12.2 Å². The SMILES string of the molecule is CCOC(=O)c1ccc(CNC(=O)[N-]c2c[n+](C(C)Cc3ccccc3)no2)cc1. The molecule has 0 aliphatic carbocycles. The summed E-state index contributed by atoms with van der Waals surface area (Å²) in [6.07, 6.45) is 2.38. The normalized spacial score (nSPS) is 11.5. The Bertz CT molecular complexity index is 970. The highest BCUT2D eigenvalue weighted by atomic mass is 16.5. The van der Waals surface area contributed by atoms with Crippen LogP contribution in [0.3, 0.4) is 0 Å². The number of carbonyl (C=O) groups excluding carboxylic acids is 2. The summed E-state index contributed by atoms with van der Waals surface area (Å²) in [5.74, 6) is -0.242. The third-order valence-electron chi connectivity index (χ3n) is 4.42. The molecular weight excluding hydrogens is 384 g/mol. The van der Waals surface area contributed by atoms with Gasteiger partial charge < -0.3 is 19.9 Å². The van der Waals surface area contributed by atoms with Crippen LogP contribution in [0.15, 0.2) is 65.3 Å². The third-order valence-corrected chi connectivity index (χ3v) is 4.42. The predicted octanol–water partition coefficient (Wildman–Crippen LogP) is 3.86. The Kier molecular flexibility index (Phi) is 7.15. The number of rotatable bonds is 8. The molecule has 156 valence electrons. The zero-order valence-electron chi connectivity index (χ0n) is 16.9. The largest absolute Gasteiger partial charge is 0.462 e. The number of carbonyl (C=O) groups is 2. The second kappa shape index (κ2) is 10.2. The van der Waals surface area contributed by atoms with Crippen molar-refractivity contribution in [2.45, 2.75) is 32.9 Å². The van der Waals surface area contributed by atoms with Gasteiger partial charge in [0.2, 0.25) is 12.1 Å². The second-order valence-electron chi connectivity index (χ2n) is 6.75. The lowest BCUT2D eigenvalue weighted by Gasteiger charge is -2.12. The van der Waals surface area contributed by atoms with E-state index in [2.05, 4.69) is 28.0 Å². The van der Waals surface area contributed by atoms with Crippen LogP contribution in [-0.4, -0.2) is 23.9 Å². The van der Waals surface area contributed by atoms with Crippen molar-refractivity contribution >= 4 is 17.9 Å². The maximum Gasteiger partial charge on any atom is 0.338 e. The number of hydrogen-bond donors (Lipinski definition) is 1. The van der Waals surface area contributed by atoms with E-state index in [0.29, 0.717) is 12.2 Å². The van der Waals surface area contributed by atoms with Gasteiger partial charge in [0.15, 0.2) is 17.3 Å². The van der Waals surface area contributed by atoms with E-state index < -0.39 is 6.03 Å². The average Bonchev–Trinajstić information content (AvgIpc) is 3.22. The van der Waals surface area contributed by atoms with E-state index in [4.69, 9.17) is 9.26 Å². The van der Waals surface area contributed by atoms with Crippen LogP contribution in [0.1, 0.15) is 41.4 Å². The number of nitrogens with one attached hydrogen (secondary N) is 1. The highest BCUT2D eigenvalue weighted by Crippen LogP contribution is 2.16. The smallest absolute Gasteiger partial charge is 0.338 e. The number of ether oxygens (including phenoxy) is 1. The van der Waals surface area contributed by atoms with Gasteiger partial charge in [-0.05, 0) is 41.4 Å². The van der Waals surface area contributed by atoms with Crippen LogP contribution in [0.2, 0.25) is 0 Å². The number of benzene rings is 2. The Morgan fingerprint density at radius 2 is 1.87 bits per heavy atom. The molecule has 0 radical (unpaired) electrons. The molecule has 0 saturated heterocycles. The van der Waals surface area contributed by atoms with E-state index in [1.54, 1.807) is 42.1 Å². The lowest BCUT2D eigenvalue weighted by atomic mass is 10.1. The van der Waals surface area contributed by atoms with Crippen LogP contribution >= 0.6 is 0 Å². The minimum absolute atomic E-state index is 0.0566. The molecule has 0 aliphatic rings. The maximum atomic E-state index is 12.1. The van der Waals surface area contributed by atoms with Crippen molar-refractivity contribution in [1.29, 1.82) is 0 Å². The first-order valence-corrected chi connectivity index (χ1v) is 9.73. The van der Waals surface area contributed by atoms with Crippen molar-refractivity contribution in [2.24, 2.45) is 0 Å². The van der Waals surface area contributed by atoms with E-state index in [0.717, 1.165) is 12.0 Å². The van der Waals surface area contributed by atoms with Crippen molar-refractivity contribution in [1.82, 2.24) is 10.6 Å². The number of amides is 2. The Morgan fingerprint density at radius 1 is 1.13 bits per heavy atom. The van der Waals surface area contributed by atoms with E-state index in [1.807, 2.05) is 25.1 Å². The van der Waals surface area contributed by atoms with Crippen LogP contribution in [0.25, 0.3) is 5.32 Å². The predicted molar refractivity (Wildman–Crippen MR) is 109 cm³/mol. The van der Waals surface area contributed by atoms with Gasteiger partial charge in [-0.3, -0.25) is 4.79 Å². The first kappa shape index (κ1) is 21.0. The molecule has 1 heterocycles. The van der Waals surface area contributed by atoms with Crippen molar-refractivity contribution in [3.05, 3.63) is 82.8 Å². The zero-order chi connectivity index (χ0) is 21.3. The fourth-order valence-corrected chi connectivity index (χ4v) is 2.85. The summed E-state index contributed by atoms with van der Waals surface area (Å²) >= 11 is 0. The summed E-state index contributed by atoms with van der Waals surface area (Å²) in [6, 6.07) is 16.4. The Hall–Kier alpha value is -3.68. The molecule has 1 N–H and O–H groups in total. The zero-order valence-corrected chi connectivity index (χ0v) is 16.9. The fourth-order valence-electron chi connectivity index (χ4n) is 2.85. The molecule has 8 nitrogen and oxygen atoms in total. The lowest BCUT2D eigenvalue weighted by Crippen LogP contribution is -2.39. The number of nitrogens with zero attached hydrogens (tertiary/aromatic N) is 3. The molecule has 1 unspecified atom stereocenters. The van der Waals surface area contributed by atoms with E-state index >= 15 is 0 Å². The minimum atomic E-state index is -0.538. The highest BCUT2D eigenvalue weighted by molar-refractivity contribution is 5.93. The summed E-state index contributed by atoms with van der Waals surface area (Å²) in [5, 5.41) is 10.5. The van der Waals surface area contributed by atoms with Gasteiger partial charge in [-0.15, -0.1) is 0 Å². The van der Waals surface area contributed by atoms with E-state index in [-0.39, 0.29) is 24.4 Å². The topological polar surface area (TPSA) is 99.4 Å². The Balaban J connectivity index is 1.48. The van der Waals surface area contributed by atoms with Crippen LogP contribution in [-0.2, 0) is 17.7 Å². The number of aromatic nitrogens is 2. The molecule has 1 aromatic heterocycles. The molecule has 3 rings (SSSR count). The molecule has 0 spiro atoms. The average molecular weight is 408 g/mol. The second-order valence-corrected chi connectivity index (χ2v) is 6.75. The van der Waals surface area contributed by atoms with Crippen LogP contribution < -0.4 is 10.00 Å². The molecule has 0 aliphatic heterocycles. The Labute approximate surface area is 174 Å². The Morgan fingerprint density at radius 3 is 2.57 bits per heavy atom. The molecule has 3 aromatic rings. The molecule has 0 bridgehead atoms. The number of esters is 1. The first-order valence-electron chi connectivity index (χ1n) is 9.73. The molecular formula is C22H24N4O4. The van der Waals surface area contributed by atoms with Gasteiger partial charge in [-0.25, -0.2) is 4.79 Å². The minimum Gasteiger partial charge on any atom is -0.462 e. The van der Waals surface area contributed by atoms with Crippen LogP contribution in [0.5, 0.6) is 0 Å². The lowest BCUT2D eigenvalue weighted by molar-refractivity contribution is -0.782. The molecule has 2 amide bonds. The monoisotopic (exact) mass is 408 g/mol. The van der Waals surface area contributed by atoms with E-state index in [9.17, 15) is 9.59 Å². The molecule has 1 atom stereocenters. The van der Waals surface area contributed by atoms with Crippen molar-refractivity contribution in [3.63, 3.8) is 0 Å². The highest BCUT2D eigenvalue weighted by Gasteiger charge is 2.19. The molecule has 0 fully saturated rings. The molecule has 30 heavy (non-hydrogen) atoms. The summed E-state index contributed by atoms with van der Waals surface area (Å²) in [4.78, 5) is 23.7. The summed E-state index contributed by atoms with van der Waals surface area (Å²) in [7, 11) is 0. The van der Waals surface area contributed by atoms with Crippen molar-refractivity contribution in [2.75, 3.05) is 6.61 Å². The van der Waals surface area contributed by atoms with Crippen molar-refractivity contribution < 1.29 is 23.5 Å². The van der Waals surface area contributed by atoms with Gasteiger partial charge in [-0.2, -0.15) is 0 Å². The first-order chi connectivity index (χ1) is 14.5. The van der Waals surface area contributed by atoms with Gasteiger partial charge in [-0.1, -0.05) is 42.5 Å². The molecule has 8 heteroatoms. The van der Waals surface area contributed by atoms with Gasteiger partial charge in [0.25, 0.3) is 0 Å². The maximum absolute atomic E-state index is 12.1. The summed E-state index contributed by atoms with van der Waals surface area (Å²) in [5.41, 5.74) is 2.48. The van der Waals surface area contributed by atoms with Crippen LogP contribution in [0.4, 0.5) is 10.7 Å². The third kappa shape index (κ3) is 5.91. The fraction of sp³-hybridized carbons (Fsp3) is 0.273. The van der Waals surface area contributed by atoms with Gasteiger partial charge in [0, 0.05) is 13.3 Å². The van der Waals surface area contributed by atoms with Gasteiger partial charge in [0.1, 0.15) is 0 Å². The van der Waals surface area contributed by atoms with Gasteiger partial charge >= 0.3 is 5.97 Å². The number of hydrogen-bond acceptors (Lipinski definition) is 5. The molecule has 0 saturated carbocycles. The number of urea groups is 1. The quantitative estimate of drug-likeness (QED) is 0.451. The summed E-state index contributed by atoms with van der Waals surface area (Å²) < 4.78 is 11.7. The standard InChI is InChI=1S/C22H24N4O4/c1-3-29-21(27)19-11-9-18(10-12-19)14-23-22(28)24-20-15-26(25-30-20)16(2)13-17-7-5-4-6-8-17/h4-12,15-16H,3,13-14H2,1-2H3,(H-,23,24,25,28). The van der Waals surface area contributed by atoms with Crippen LogP contribution in [0, 0.1) is 0 Å². The molecule has 2 aromatic carbocycles.